The normalized spacial score (nSPS) is 22.3. The van der Waals surface area contributed by atoms with E-state index in [1.165, 1.54) is 13.0 Å². The molecule has 66 heavy (non-hydrogen) atoms. The van der Waals surface area contributed by atoms with Crippen LogP contribution in [0.1, 0.15) is 206 Å². The third kappa shape index (κ3) is 51.6. The van der Waals surface area contributed by atoms with Crippen molar-refractivity contribution >= 4 is 47.6 Å². The number of rotatable bonds is 18. The van der Waals surface area contributed by atoms with Crippen molar-refractivity contribution in [2.45, 2.75) is 236 Å². The van der Waals surface area contributed by atoms with Crippen molar-refractivity contribution in [3.8, 4) is 0 Å². The Hall–Kier alpha value is 2.69. The van der Waals surface area contributed by atoms with Gasteiger partial charge in [0.1, 0.15) is 6.10 Å². The molecule has 0 bridgehead atoms. The number of unbranched alkanes of at least 4 members (excludes halogenated alkanes) is 4. The van der Waals surface area contributed by atoms with Crippen LogP contribution in [0.5, 0.6) is 0 Å². The predicted molar refractivity (Wildman–Crippen MR) is 226 cm³/mol. The molecule has 5 unspecified atom stereocenters. The third-order valence-corrected chi connectivity index (χ3v) is 12.8. The number of esters is 1. The van der Waals surface area contributed by atoms with E-state index in [9.17, 15) is 56.7 Å². The Morgan fingerprint density at radius 3 is 1.33 bits per heavy atom. The van der Waals surface area contributed by atoms with Crippen LogP contribution in [0.3, 0.4) is 0 Å². The Morgan fingerprint density at radius 2 is 0.909 bits per heavy atom. The molecular weight excluding hydrogens is 989 g/mol. The van der Waals surface area contributed by atoms with Crippen LogP contribution in [0, 0.1) is 0 Å². The zero-order valence-electron chi connectivity index (χ0n) is 40.4. The first-order valence-electron chi connectivity index (χ1n) is 22.5. The monoisotopic (exact) mass is 1060 g/mol. The second kappa shape index (κ2) is 44.0. The van der Waals surface area contributed by atoms with E-state index in [2.05, 4.69) is 4.18 Å². The molecule has 0 fully saturated rings. The topological polar surface area (TPSA) is 292 Å². The largest absolute Gasteiger partial charge is 1.00 e. The van der Waals surface area contributed by atoms with Crippen LogP contribution in [0.2, 0.25) is 0 Å². The minimum atomic E-state index is -5.08. The van der Waals surface area contributed by atoms with Crippen molar-refractivity contribution < 1.29 is 196 Å². The van der Waals surface area contributed by atoms with Gasteiger partial charge in [-0.3, -0.25) is 16.7 Å². The fourth-order valence-electron chi connectivity index (χ4n) is 7.75. The van der Waals surface area contributed by atoms with Crippen LogP contribution in [-0.2, 0) is 67.9 Å². The van der Waals surface area contributed by atoms with Crippen LogP contribution in [0.15, 0.2) is 12.2 Å². The van der Waals surface area contributed by atoms with E-state index in [-0.39, 0.29) is 150 Å². The van der Waals surface area contributed by atoms with Crippen LogP contribution in [0.4, 0.5) is 0 Å². The maximum absolute atomic E-state index is 12.9. The van der Waals surface area contributed by atoms with Crippen molar-refractivity contribution in [2.24, 2.45) is 0 Å². The van der Waals surface area contributed by atoms with E-state index in [0.717, 1.165) is 103 Å². The quantitative estimate of drug-likeness (QED) is 0.0415. The summed E-state index contributed by atoms with van der Waals surface area (Å²) in [5.41, 5.74) is 0. The summed E-state index contributed by atoms with van der Waals surface area (Å²) in [6, 6.07) is 0. The molecule has 0 aliphatic carbocycles. The maximum Gasteiger partial charge on any atom is 1.00 e. The predicted octanol–water partition coefficient (Wildman–Crippen LogP) is -4.02. The van der Waals surface area contributed by atoms with Gasteiger partial charge in [0.15, 0.2) is 0 Å². The van der Waals surface area contributed by atoms with Gasteiger partial charge in [-0.2, -0.15) is 0 Å². The molecule has 0 aromatic carbocycles. The van der Waals surface area contributed by atoms with Crippen molar-refractivity contribution in [3.05, 3.63) is 12.2 Å². The first-order valence-corrected chi connectivity index (χ1v) is 27.9. The molecule has 0 radical (unpaired) electrons. The van der Waals surface area contributed by atoms with E-state index < -0.39 is 78.1 Å². The average molecular weight is 1060 g/mol. The zero-order valence-corrected chi connectivity index (χ0v) is 51.7. The molecule has 0 N–H and O–H groups in total. The molecule has 1 rings (SSSR count). The van der Waals surface area contributed by atoms with E-state index in [1.54, 1.807) is 6.08 Å². The van der Waals surface area contributed by atoms with E-state index in [4.69, 9.17) is 17.3 Å². The molecule has 368 valence electrons. The molecule has 5 atom stereocenters. The Bertz CT molecular complexity index is 1670. The van der Waals surface area contributed by atoms with Crippen LogP contribution in [-0.4, -0.2) is 88.4 Å². The molecule has 1 aliphatic heterocycles. The number of carbonyl (C=O) groups is 1. The summed E-state index contributed by atoms with van der Waals surface area (Å²) in [7, 11) is -20.0. The van der Waals surface area contributed by atoms with Gasteiger partial charge in [0.25, 0.3) is 0 Å². The summed E-state index contributed by atoms with van der Waals surface area (Å²) in [5.74, 6) is -0.554. The maximum atomic E-state index is 12.9. The number of allylic oxidation sites excluding steroid dienone is 1. The zero-order chi connectivity index (χ0) is 46.3. The van der Waals surface area contributed by atoms with Crippen molar-refractivity contribution in [2.75, 3.05) is 0 Å². The van der Waals surface area contributed by atoms with Crippen molar-refractivity contribution in [1.82, 2.24) is 0 Å². The van der Waals surface area contributed by atoms with Crippen molar-refractivity contribution in [3.63, 3.8) is 0 Å². The van der Waals surface area contributed by atoms with Gasteiger partial charge in [-0.05, 0) is 58.3 Å². The first-order chi connectivity index (χ1) is 29.1. The fourth-order valence-corrected chi connectivity index (χ4v) is 9.77. The molecule has 1 heterocycles. The van der Waals surface area contributed by atoms with Gasteiger partial charge >= 0.3 is 124 Å². The molecule has 0 aromatic rings. The van der Waals surface area contributed by atoms with Crippen LogP contribution < -0.4 is 118 Å². The van der Waals surface area contributed by atoms with Gasteiger partial charge in [0.05, 0.1) is 24.4 Å². The first kappa shape index (κ1) is 75.2. The van der Waals surface area contributed by atoms with Gasteiger partial charge in [-0.1, -0.05) is 141 Å². The molecule has 1 aliphatic rings. The van der Waals surface area contributed by atoms with Gasteiger partial charge in [0, 0.05) is 18.9 Å². The number of ether oxygens (including phenoxy) is 1. The summed E-state index contributed by atoms with van der Waals surface area (Å²) < 4.78 is 160. The molecule has 26 heteroatoms. The molecule has 18 nitrogen and oxygen atoms in total. The SMILES string of the molecule is CC(CCCCCCCC(CC1CCCCCCCCCCCC(OS(=O)(=O)[O-])CC(OS(=O)(=O)[O-])CCCCCCCCCCC/C=C/C(=O)O1)OS(=O)(=O)[O-])OS(=O)(=O)[O-].[Na+].[Na+].[Na+].[Na+]. The summed E-state index contributed by atoms with van der Waals surface area (Å²) >= 11 is 0. The van der Waals surface area contributed by atoms with E-state index in [0.29, 0.717) is 64.2 Å². The number of hydrogen-bond donors (Lipinski definition) is 0. The minimum absolute atomic E-state index is 0. The van der Waals surface area contributed by atoms with Crippen LogP contribution >= 0.6 is 0 Å². The van der Waals surface area contributed by atoms with Gasteiger partial charge < -0.3 is 22.9 Å². The second-order valence-electron chi connectivity index (χ2n) is 16.5. The van der Waals surface area contributed by atoms with E-state index >= 15 is 0 Å². The summed E-state index contributed by atoms with van der Waals surface area (Å²) in [5, 5.41) is 0. The Morgan fingerprint density at radius 1 is 0.530 bits per heavy atom. The number of hydrogen-bond acceptors (Lipinski definition) is 18. The number of carbonyl (C=O) groups excluding carboxylic acids is 1. The Labute approximate surface area is 486 Å². The molecule has 0 amide bonds. The fraction of sp³-hybridized carbons (Fsp3) is 0.925. The van der Waals surface area contributed by atoms with Gasteiger partial charge in [-0.25, -0.2) is 38.5 Å². The average Bonchev–Trinajstić information content (AvgIpc) is 3.12. The van der Waals surface area contributed by atoms with Gasteiger partial charge in [0.2, 0.25) is 41.6 Å². The molecule has 0 saturated heterocycles. The second-order valence-corrected chi connectivity index (χ2v) is 20.5. The summed E-state index contributed by atoms with van der Waals surface area (Å²) in [4.78, 5) is 12.9. The van der Waals surface area contributed by atoms with Crippen molar-refractivity contribution in [1.29, 1.82) is 0 Å². The number of cyclic esters (lactones) is 1. The third-order valence-electron chi connectivity index (χ3n) is 10.7. The van der Waals surface area contributed by atoms with Crippen LogP contribution in [0.25, 0.3) is 0 Å². The molecule has 0 saturated carbocycles. The molecular formula is C40H72Na4O18S4. The molecule has 0 aromatic heterocycles. The van der Waals surface area contributed by atoms with Gasteiger partial charge in [-0.15, -0.1) is 0 Å². The standard InChI is InChI=1S/C40H76O18S4.4Na/c1-35(55-59(42,43)44)27-21-15-14-19-25-29-37(56-60(45,46)47)33-36-28-22-16-10-7-5-8-12-18-24-31-39(58-62(51,52)53)34-38(57-61(48,49)50)30-23-17-11-6-3-2-4-9-13-20-26-32-40(41)54-36;;;;/h26,32,35-39H,2-25,27-31,33-34H2,1H3,(H,42,43,44)(H,45,46,47)(H,48,49,50)(H,51,52,53);;;;/q;4*+1/p-4/b32-26+;;;;. The Balaban J connectivity index is -0.00000480. The minimum Gasteiger partial charge on any atom is -0.726 e. The molecule has 0 spiro atoms. The summed E-state index contributed by atoms with van der Waals surface area (Å²) in [6.45, 7) is 1.50. The smallest absolute Gasteiger partial charge is 0.726 e. The van der Waals surface area contributed by atoms with E-state index in [1.807, 2.05) is 0 Å². The Kier molecular flexibility index (Phi) is 50.2. The summed E-state index contributed by atoms with van der Waals surface area (Å²) in [6.07, 6.45) is 18.8.